The van der Waals surface area contributed by atoms with E-state index in [1.807, 2.05) is 0 Å². The lowest BCUT2D eigenvalue weighted by Gasteiger charge is -2.16. The fourth-order valence-corrected chi connectivity index (χ4v) is 0.449. The summed E-state index contributed by atoms with van der Waals surface area (Å²) in [7, 11) is 0. The van der Waals surface area contributed by atoms with Crippen LogP contribution in [0.3, 0.4) is 0 Å². The molecule has 0 aromatic heterocycles. The van der Waals surface area contributed by atoms with Gasteiger partial charge in [-0.3, -0.25) is 9.59 Å². The third-order valence-corrected chi connectivity index (χ3v) is 1.39. The van der Waals surface area contributed by atoms with Crippen molar-refractivity contribution in [3.8, 4) is 0 Å². The van der Waals surface area contributed by atoms with Gasteiger partial charge in [0.2, 0.25) is 0 Å². The Morgan fingerprint density at radius 1 is 1.36 bits per heavy atom. The average Bonchev–Trinajstić information content (AvgIpc) is 1.87. The SMILES string of the molecule is CC([CH]CO)(C(=O)O)C(=O)O. The Kier molecular flexibility index (Phi) is 3.00. The van der Waals surface area contributed by atoms with Crippen LogP contribution in [0.1, 0.15) is 6.92 Å². The van der Waals surface area contributed by atoms with Crippen molar-refractivity contribution in [2.24, 2.45) is 5.41 Å². The molecule has 63 valence electrons. The largest absolute Gasteiger partial charge is 0.480 e. The Labute approximate surface area is 63.3 Å². The topological polar surface area (TPSA) is 94.8 Å². The van der Waals surface area contributed by atoms with E-state index in [2.05, 4.69) is 0 Å². The smallest absolute Gasteiger partial charge is 0.321 e. The van der Waals surface area contributed by atoms with Gasteiger partial charge in [-0.25, -0.2) is 0 Å². The summed E-state index contributed by atoms with van der Waals surface area (Å²) in [4.78, 5) is 20.7. The summed E-state index contributed by atoms with van der Waals surface area (Å²) < 4.78 is 0. The summed E-state index contributed by atoms with van der Waals surface area (Å²) in [5, 5.41) is 25.1. The molecule has 0 bridgehead atoms. The highest BCUT2D eigenvalue weighted by Gasteiger charge is 2.41. The van der Waals surface area contributed by atoms with Crippen molar-refractivity contribution in [3.63, 3.8) is 0 Å². The third-order valence-electron chi connectivity index (χ3n) is 1.39. The van der Waals surface area contributed by atoms with Crippen LogP contribution in [0.2, 0.25) is 0 Å². The predicted molar refractivity (Wildman–Crippen MR) is 34.8 cm³/mol. The van der Waals surface area contributed by atoms with E-state index in [0.717, 1.165) is 13.3 Å². The van der Waals surface area contributed by atoms with Crippen LogP contribution in [0.5, 0.6) is 0 Å². The van der Waals surface area contributed by atoms with E-state index in [1.54, 1.807) is 0 Å². The van der Waals surface area contributed by atoms with Gasteiger partial charge in [-0.15, -0.1) is 0 Å². The molecule has 11 heavy (non-hydrogen) atoms. The monoisotopic (exact) mass is 161 g/mol. The first-order chi connectivity index (χ1) is 4.95. The van der Waals surface area contributed by atoms with Crippen molar-refractivity contribution >= 4 is 11.9 Å². The molecular weight excluding hydrogens is 152 g/mol. The van der Waals surface area contributed by atoms with E-state index < -0.39 is 24.0 Å². The lowest BCUT2D eigenvalue weighted by molar-refractivity contribution is -0.160. The molecule has 5 nitrogen and oxygen atoms in total. The first-order valence-electron chi connectivity index (χ1n) is 2.87. The van der Waals surface area contributed by atoms with Gasteiger partial charge in [-0.05, 0) is 6.92 Å². The highest BCUT2D eigenvalue weighted by Crippen LogP contribution is 2.20. The van der Waals surface area contributed by atoms with Gasteiger partial charge >= 0.3 is 11.9 Å². The summed E-state index contributed by atoms with van der Waals surface area (Å²) in [6, 6.07) is 0. The number of aliphatic hydroxyl groups is 1. The lowest BCUT2D eigenvalue weighted by Crippen LogP contribution is -2.37. The summed E-state index contributed by atoms with van der Waals surface area (Å²) >= 11 is 0. The highest BCUT2D eigenvalue weighted by molar-refractivity contribution is 5.99. The normalized spacial score (nSPS) is 11.1. The van der Waals surface area contributed by atoms with Crippen LogP contribution in [0.4, 0.5) is 0 Å². The predicted octanol–water partition coefficient (Wildman–Crippen LogP) is -0.642. The molecule has 0 rings (SSSR count). The summed E-state index contributed by atoms with van der Waals surface area (Å²) in [6.45, 7) is 0.434. The lowest BCUT2D eigenvalue weighted by atomic mass is 9.87. The standard InChI is InChI=1S/C6H9O5/c1-6(2-3-7,4(8)9)5(10)11/h2,7H,3H2,1H3,(H,8,9)(H,10,11). The highest BCUT2D eigenvalue weighted by atomic mass is 16.4. The number of aliphatic hydroxyl groups excluding tert-OH is 1. The molecular formula is C6H9O5. The number of hydrogen-bond donors (Lipinski definition) is 3. The van der Waals surface area contributed by atoms with Crippen LogP contribution in [-0.2, 0) is 9.59 Å². The number of aliphatic carboxylic acids is 2. The van der Waals surface area contributed by atoms with Gasteiger partial charge in [0, 0.05) is 13.0 Å². The van der Waals surface area contributed by atoms with Crippen LogP contribution >= 0.6 is 0 Å². The van der Waals surface area contributed by atoms with Crippen LogP contribution < -0.4 is 0 Å². The zero-order valence-corrected chi connectivity index (χ0v) is 5.94. The van der Waals surface area contributed by atoms with Crippen LogP contribution in [-0.4, -0.2) is 33.9 Å². The van der Waals surface area contributed by atoms with Gasteiger partial charge in [0.25, 0.3) is 0 Å². The number of rotatable bonds is 4. The summed E-state index contributed by atoms with van der Waals surface area (Å²) in [5.74, 6) is -2.97. The van der Waals surface area contributed by atoms with Crippen LogP contribution in [0.15, 0.2) is 0 Å². The Bertz CT molecular complexity index is 160. The molecule has 0 amide bonds. The number of carboxylic acid groups (broad SMARTS) is 2. The molecule has 0 aromatic rings. The van der Waals surface area contributed by atoms with Gasteiger partial charge in [-0.1, -0.05) is 0 Å². The van der Waals surface area contributed by atoms with Gasteiger partial charge in [0.05, 0.1) is 0 Å². The van der Waals surface area contributed by atoms with Crippen molar-refractivity contribution in [2.45, 2.75) is 6.92 Å². The molecule has 0 unspecified atom stereocenters. The Morgan fingerprint density at radius 2 is 1.73 bits per heavy atom. The van der Waals surface area contributed by atoms with Crippen LogP contribution in [0, 0.1) is 11.8 Å². The minimum atomic E-state index is -1.99. The Balaban J connectivity index is 4.52. The first-order valence-corrected chi connectivity index (χ1v) is 2.87. The fraction of sp³-hybridized carbons (Fsp3) is 0.500. The van der Waals surface area contributed by atoms with E-state index in [9.17, 15) is 9.59 Å². The van der Waals surface area contributed by atoms with E-state index in [0.29, 0.717) is 0 Å². The Hall–Kier alpha value is -1.10. The molecule has 0 aliphatic carbocycles. The van der Waals surface area contributed by atoms with Gasteiger partial charge < -0.3 is 15.3 Å². The van der Waals surface area contributed by atoms with Gasteiger partial charge in [0.1, 0.15) is 0 Å². The van der Waals surface area contributed by atoms with Crippen molar-refractivity contribution < 1.29 is 24.9 Å². The maximum absolute atomic E-state index is 10.3. The van der Waals surface area contributed by atoms with Crippen molar-refractivity contribution in [1.29, 1.82) is 0 Å². The maximum atomic E-state index is 10.3. The zero-order valence-electron chi connectivity index (χ0n) is 5.94. The summed E-state index contributed by atoms with van der Waals surface area (Å²) in [6.07, 6.45) is 0.817. The average molecular weight is 161 g/mol. The molecule has 0 saturated heterocycles. The second-order valence-electron chi connectivity index (χ2n) is 2.20. The number of hydrogen-bond acceptors (Lipinski definition) is 3. The number of carbonyl (C=O) groups is 2. The van der Waals surface area contributed by atoms with Crippen molar-refractivity contribution in [2.75, 3.05) is 6.61 Å². The molecule has 5 heteroatoms. The quantitative estimate of drug-likeness (QED) is 0.476. The Morgan fingerprint density at radius 3 is 1.82 bits per heavy atom. The molecule has 0 saturated carbocycles. The molecule has 0 aliphatic rings. The molecule has 0 spiro atoms. The minimum Gasteiger partial charge on any atom is -0.480 e. The van der Waals surface area contributed by atoms with E-state index in [-0.39, 0.29) is 0 Å². The van der Waals surface area contributed by atoms with E-state index in [4.69, 9.17) is 15.3 Å². The molecule has 0 aliphatic heterocycles. The second kappa shape index (κ2) is 3.34. The second-order valence-corrected chi connectivity index (χ2v) is 2.20. The summed E-state index contributed by atoms with van der Waals surface area (Å²) in [5.41, 5.74) is -1.99. The van der Waals surface area contributed by atoms with Crippen molar-refractivity contribution in [1.82, 2.24) is 0 Å². The molecule has 0 atom stereocenters. The molecule has 0 aromatic carbocycles. The molecule has 1 radical (unpaired) electrons. The van der Waals surface area contributed by atoms with Gasteiger partial charge in [0.15, 0.2) is 5.41 Å². The van der Waals surface area contributed by atoms with Crippen LogP contribution in [0.25, 0.3) is 0 Å². The molecule has 3 N–H and O–H groups in total. The van der Waals surface area contributed by atoms with Crippen molar-refractivity contribution in [3.05, 3.63) is 6.42 Å². The van der Waals surface area contributed by atoms with Gasteiger partial charge in [-0.2, -0.15) is 0 Å². The van der Waals surface area contributed by atoms with E-state index in [1.165, 1.54) is 0 Å². The fourth-order valence-electron chi connectivity index (χ4n) is 0.449. The molecule has 0 heterocycles. The third kappa shape index (κ3) is 1.91. The first kappa shape index (κ1) is 9.90. The maximum Gasteiger partial charge on any atom is 0.321 e. The van der Waals surface area contributed by atoms with E-state index >= 15 is 0 Å². The molecule has 0 fully saturated rings. The zero-order chi connectivity index (χ0) is 9.07. The minimum absolute atomic E-state index is 0.574. The number of carboxylic acids is 2.